The summed E-state index contributed by atoms with van der Waals surface area (Å²) in [6.45, 7) is 4.00. The zero-order chi connectivity index (χ0) is 11.1. The van der Waals surface area contributed by atoms with Gasteiger partial charge in [-0.05, 0) is 18.1 Å². The lowest BCUT2D eigenvalue weighted by atomic mass is 10.1. The van der Waals surface area contributed by atoms with Crippen LogP contribution in [0, 0.1) is 0 Å². The van der Waals surface area contributed by atoms with Crippen LogP contribution < -0.4 is 5.32 Å². The number of pyridine rings is 1. The fraction of sp³-hybridized carbons (Fsp3) is 0.333. The Labute approximate surface area is 88.3 Å². The molecule has 0 aliphatic carbocycles. The minimum atomic E-state index is -3.54. The van der Waals surface area contributed by atoms with Gasteiger partial charge >= 0.3 is 0 Å². The summed E-state index contributed by atoms with van der Waals surface area (Å²) in [5, 5.41) is 2.73. The topological polar surface area (TPSA) is 71.4 Å². The molecule has 0 bridgehead atoms. The Bertz CT molecular complexity index is 520. The van der Waals surface area contributed by atoms with Crippen molar-refractivity contribution < 1.29 is 8.42 Å². The van der Waals surface area contributed by atoms with Crippen LogP contribution in [-0.4, -0.2) is 19.7 Å². The zero-order valence-electron chi connectivity index (χ0n) is 8.43. The quantitative estimate of drug-likeness (QED) is 0.783. The normalized spacial score (nSPS) is 17.3. The first-order chi connectivity index (χ1) is 7.00. The van der Waals surface area contributed by atoms with Crippen molar-refractivity contribution in [3.8, 4) is 0 Å². The van der Waals surface area contributed by atoms with Crippen LogP contribution in [0.25, 0.3) is 0 Å². The largest absolute Gasteiger partial charge is 0.329 e. The predicted octanol–water partition coefficient (Wildman–Crippen LogP) is 1.35. The molecule has 80 valence electrons. The van der Waals surface area contributed by atoms with Gasteiger partial charge in [0.15, 0.2) is 5.82 Å². The highest BCUT2D eigenvalue weighted by Crippen LogP contribution is 2.25. The number of hydrogen-bond acceptors (Lipinski definition) is 4. The van der Waals surface area contributed by atoms with Crippen molar-refractivity contribution in [3.05, 3.63) is 17.8 Å². The molecular weight excluding hydrogens is 214 g/mol. The van der Waals surface area contributed by atoms with Gasteiger partial charge in [-0.15, -0.1) is 4.40 Å². The van der Waals surface area contributed by atoms with E-state index in [0.29, 0.717) is 5.82 Å². The number of sulfonamides is 1. The summed E-state index contributed by atoms with van der Waals surface area (Å²) in [7, 11) is -3.54. The van der Waals surface area contributed by atoms with Crippen molar-refractivity contribution in [2.75, 3.05) is 5.32 Å². The van der Waals surface area contributed by atoms with E-state index in [2.05, 4.69) is 14.7 Å². The molecule has 0 aromatic carbocycles. The monoisotopic (exact) mass is 225 g/mol. The van der Waals surface area contributed by atoms with Crippen molar-refractivity contribution in [2.45, 2.75) is 24.7 Å². The van der Waals surface area contributed by atoms with Gasteiger partial charge in [0.05, 0.1) is 0 Å². The molecule has 15 heavy (non-hydrogen) atoms. The SMILES string of the molecule is CC(C)c1ccc2c(n1)NC=NS2(=O)=O. The summed E-state index contributed by atoms with van der Waals surface area (Å²) >= 11 is 0. The standard InChI is InChI=1S/C9H11N3O2S/c1-6(2)7-3-4-8-9(12-7)10-5-11-15(8,13)14/h3-6H,1-2H3,(H,10,11,12). The second kappa shape index (κ2) is 3.30. The van der Waals surface area contributed by atoms with Gasteiger partial charge in [0, 0.05) is 5.69 Å². The maximum atomic E-state index is 11.5. The molecule has 0 amide bonds. The molecule has 6 heteroatoms. The molecule has 0 saturated carbocycles. The lowest BCUT2D eigenvalue weighted by molar-refractivity contribution is 0.597. The van der Waals surface area contributed by atoms with Crippen LogP contribution in [0.1, 0.15) is 25.5 Å². The second-order valence-corrected chi connectivity index (χ2v) is 5.19. The van der Waals surface area contributed by atoms with Crippen LogP contribution in [0.2, 0.25) is 0 Å². The van der Waals surface area contributed by atoms with Gasteiger partial charge < -0.3 is 5.32 Å². The van der Waals surface area contributed by atoms with Crippen molar-refractivity contribution >= 4 is 22.2 Å². The maximum Gasteiger partial charge on any atom is 0.287 e. The summed E-state index contributed by atoms with van der Waals surface area (Å²) < 4.78 is 26.3. The molecule has 1 aliphatic heterocycles. The highest BCUT2D eigenvalue weighted by molar-refractivity contribution is 7.90. The van der Waals surface area contributed by atoms with Gasteiger partial charge in [0.2, 0.25) is 0 Å². The minimum Gasteiger partial charge on any atom is -0.329 e. The van der Waals surface area contributed by atoms with Crippen LogP contribution in [0.3, 0.4) is 0 Å². The lowest BCUT2D eigenvalue weighted by Gasteiger charge is -2.13. The van der Waals surface area contributed by atoms with E-state index in [0.717, 1.165) is 12.0 Å². The van der Waals surface area contributed by atoms with Gasteiger partial charge in [-0.25, -0.2) is 4.98 Å². The number of aromatic nitrogens is 1. The molecule has 1 aromatic heterocycles. The molecule has 1 N–H and O–H groups in total. The minimum absolute atomic E-state index is 0.134. The van der Waals surface area contributed by atoms with Crippen LogP contribution in [-0.2, 0) is 10.0 Å². The Morgan fingerprint density at radius 3 is 2.73 bits per heavy atom. The summed E-state index contributed by atoms with van der Waals surface area (Å²) in [5.74, 6) is 0.620. The molecule has 2 rings (SSSR count). The molecule has 2 heterocycles. The van der Waals surface area contributed by atoms with E-state index >= 15 is 0 Å². The summed E-state index contributed by atoms with van der Waals surface area (Å²) in [6, 6.07) is 3.25. The molecule has 0 saturated heterocycles. The number of hydrogen-bond donors (Lipinski definition) is 1. The fourth-order valence-electron chi connectivity index (χ4n) is 1.31. The third-order valence-electron chi connectivity index (χ3n) is 2.14. The summed E-state index contributed by atoms with van der Waals surface area (Å²) in [6.07, 6.45) is 1.15. The Morgan fingerprint density at radius 2 is 2.07 bits per heavy atom. The number of fused-ring (bicyclic) bond motifs is 1. The summed E-state index contributed by atoms with van der Waals surface area (Å²) in [4.78, 5) is 4.36. The van der Waals surface area contributed by atoms with Crippen LogP contribution in [0.15, 0.2) is 21.4 Å². The van der Waals surface area contributed by atoms with E-state index in [4.69, 9.17) is 0 Å². The van der Waals surface area contributed by atoms with E-state index < -0.39 is 10.0 Å². The van der Waals surface area contributed by atoms with E-state index in [1.807, 2.05) is 13.8 Å². The first-order valence-electron chi connectivity index (χ1n) is 4.57. The lowest BCUT2D eigenvalue weighted by Crippen LogP contribution is -2.14. The third kappa shape index (κ3) is 1.72. The zero-order valence-corrected chi connectivity index (χ0v) is 9.25. The number of rotatable bonds is 1. The molecular formula is C9H11N3O2S. The molecule has 1 aliphatic rings. The highest BCUT2D eigenvalue weighted by atomic mass is 32.2. The Balaban J connectivity index is 2.59. The van der Waals surface area contributed by atoms with Gasteiger partial charge in [-0.2, -0.15) is 8.42 Å². The van der Waals surface area contributed by atoms with E-state index in [1.54, 1.807) is 6.07 Å². The average molecular weight is 225 g/mol. The van der Waals surface area contributed by atoms with Gasteiger partial charge in [0.25, 0.3) is 10.0 Å². The van der Waals surface area contributed by atoms with Gasteiger partial charge in [-0.3, -0.25) is 0 Å². The number of nitrogens with zero attached hydrogens (tertiary/aromatic N) is 2. The summed E-state index contributed by atoms with van der Waals surface area (Å²) in [5.41, 5.74) is 0.853. The third-order valence-corrected chi connectivity index (χ3v) is 3.41. The molecule has 1 aromatic rings. The highest BCUT2D eigenvalue weighted by Gasteiger charge is 2.22. The molecule has 0 spiro atoms. The Morgan fingerprint density at radius 1 is 1.33 bits per heavy atom. The molecule has 0 radical (unpaired) electrons. The van der Waals surface area contributed by atoms with E-state index in [1.165, 1.54) is 6.07 Å². The van der Waals surface area contributed by atoms with Crippen LogP contribution in [0.5, 0.6) is 0 Å². The van der Waals surface area contributed by atoms with Crippen molar-refractivity contribution in [1.29, 1.82) is 0 Å². The number of nitrogens with one attached hydrogen (secondary N) is 1. The van der Waals surface area contributed by atoms with Crippen molar-refractivity contribution in [1.82, 2.24) is 4.98 Å². The molecule has 5 nitrogen and oxygen atoms in total. The molecule has 0 atom stereocenters. The average Bonchev–Trinajstić information content (AvgIpc) is 2.16. The smallest absolute Gasteiger partial charge is 0.287 e. The van der Waals surface area contributed by atoms with E-state index in [9.17, 15) is 8.42 Å². The van der Waals surface area contributed by atoms with Crippen molar-refractivity contribution in [2.24, 2.45) is 4.40 Å². The van der Waals surface area contributed by atoms with Crippen molar-refractivity contribution in [3.63, 3.8) is 0 Å². The second-order valence-electron chi connectivity index (χ2n) is 3.59. The van der Waals surface area contributed by atoms with Crippen LogP contribution >= 0.6 is 0 Å². The first kappa shape index (κ1) is 10.1. The van der Waals surface area contributed by atoms with Crippen LogP contribution in [0.4, 0.5) is 5.82 Å². The Kier molecular flexibility index (Phi) is 2.22. The predicted molar refractivity (Wildman–Crippen MR) is 57.6 cm³/mol. The molecule has 0 unspecified atom stereocenters. The number of anilines is 1. The fourth-order valence-corrected chi connectivity index (χ4v) is 2.20. The Hall–Kier alpha value is -1.43. The van der Waals surface area contributed by atoms with Gasteiger partial charge in [-0.1, -0.05) is 13.8 Å². The first-order valence-corrected chi connectivity index (χ1v) is 6.01. The van der Waals surface area contributed by atoms with E-state index in [-0.39, 0.29) is 10.8 Å². The van der Waals surface area contributed by atoms with Gasteiger partial charge in [0.1, 0.15) is 11.2 Å². The maximum absolute atomic E-state index is 11.5. The molecule has 0 fully saturated rings.